The first kappa shape index (κ1) is 13.7. The second kappa shape index (κ2) is 7.04. The molecule has 0 saturated carbocycles. The van der Waals surface area contributed by atoms with Crippen LogP contribution in [-0.4, -0.2) is 27.4 Å². The Balaban J connectivity index is 2.01. The summed E-state index contributed by atoms with van der Waals surface area (Å²) in [6.07, 6.45) is 4.69. The highest BCUT2D eigenvalue weighted by atomic mass is 15.3. The average molecular weight is 258 g/mol. The maximum absolute atomic E-state index is 4.32. The normalized spacial score (nSPS) is 12.5. The second-order valence-electron chi connectivity index (χ2n) is 4.84. The van der Waals surface area contributed by atoms with Gasteiger partial charge >= 0.3 is 0 Å². The SMILES string of the molecule is CCCNC(Cc1ccccc1)Cc1ncnn1C. The third-order valence-corrected chi connectivity index (χ3v) is 3.24. The van der Waals surface area contributed by atoms with E-state index in [4.69, 9.17) is 0 Å². The first-order valence-corrected chi connectivity index (χ1v) is 6.89. The van der Waals surface area contributed by atoms with Gasteiger partial charge in [0.1, 0.15) is 12.2 Å². The van der Waals surface area contributed by atoms with Gasteiger partial charge < -0.3 is 5.32 Å². The van der Waals surface area contributed by atoms with Gasteiger partial charge in [0.2, 0.25) is 0 Å². The van der Waals surface area contributed by atoms with E-state index in [0.717, 1.165) is 31.6 Å². The maximum Gasteiger partial charge on any atom is 0.138 e. The Labute approximate surface area is 114 Å². The lowest BCUT2D eigenvalue weighted by molar-refractivity contribution is 0.485. The largest absolute Gasteiger partial charge is 0.313 e. The molecule has 1 aromatic heterocycles. The Bertz CT molecular complexity index is 478. The zero-order valence-electron chi connectivity index (χ0n) is 11.7. The van der Waals surface area contributed by atoms with E-state index in [-0.39, 0.29) is 0 Å². The first-order chi connectivity index (χ1) is 9.29. The molecule has 1 N–H and O–H groups in total. The highest BCUT2D eigenvalue weighted by Crippen LogP contribution is 2.07. The van der Waals surface area contributed by atoms with Gasteiger partial charge in [-0.25, -0.2) is 4.98 Å². The van der Waals surface area contributed by atoms with Gasteiger partial charge in [-0.15, -0.1) is 0 Å². The summed E-state index contributed by atoms with van der Waals surface area (Å²) in [6, 6.07) is 11.0. The van der Waals surface area contributed by atoms with Gasteiger partial charge in [-0.05, 0) is 24.9 Å². The van der Waals surface area contributed by atoms with Crippen molar-refractivity contribution in [2.45, 2.75) is 32.2 Å². The van der Waals surface area contributed by atoms with Gasteiger partial charge in [0.05, 0.1) is 0 Å². The zero-order chi connectivity index (χ0) is 13.5. The number of aryl methyl sites for hydroxylation is 1. The van der Waals surface area contributed by atoms with Crippen LogP contribution in [0.15, 0.2) is 36.7 Å². The monoisotopic (exact) mass is 258 g/mol. The van der Waals surface area contributed by atoms with Crippen LogP contribution in [-0.2, 0) is 19.9 Å². The van der Waals surface area contributed by atoms with Crippen LogP contribution in [0.2, 0.25) is 0 Å². The molecule has 0 radical (unpaired) electrons. The van der Waals surface area contributed by atoms with Crippen molar-refractivity contribution in [2.24, 2.45) is 7.05 Å². The quantitative estimate of drug-likeness (QED) is 0.825. The molecule has 1 aromatic carbocycles. The summed E-state index contributed by atoms with van der Waals surface area (Å²) in [7, 11) is 1.95. The number of nitrogens with zero attached hydrogens (tertiary/aromatic N) is 3. The van der Waals surface area contributed by atoms with E-state index < -0.39 is 0 Å². The zero-order valence-corrected chi connectivity index (χ0v) is 11.7. The Morgan fingerprint density at radius 2 is 2.00 bits per heavy atom. The molecule has 0 aliphatic rings. The third-order valence-electron chi connectivity index (χ3n) is 3.24. The smallest absolute Gasteiger partial charge is 0.138 e. The van der Waals surface area contributed by atoms with Crippen LogP contribution in [0.3, 0.4) is 0 Å². The molecular formula is C15H22N4. The highest BCUT2D eigenvalue weighted by Gasteiger charge is 2.12. The van der Waals surface area contributed by atoms with Crippen molar-refractivity contribution in [3.8, 4) is 0 Å². The Hall–Kier alpha value is -1.68. The fourth-order valence-electron chi connectivity index (χ4n) is 2.19. The van der Waals surface area contributed by atoms with E-state index in [0.29, 0.717) is 6.04 Å². The molecule has 0 spiro atoms. The van der Waals surface area contributed by atoms with E-state index in [2.05, 4.69) is 52.7 Å². The molecule has 102 valence electrons. The van der Waals surface area contributed by atoms with Crippen LogP contribution in [0.5, 0.6) is 0 Å². The van der Waals surface area contributed by atoms with Crippen LogP contribution in [0.4, 0.5) is 0 Å². The molecule has 0 aliphatic heterocycles. The predicted molar refractivity (Wildman–Crippen MR) is 76.9 cm³/mol. The molecule has 1 unspecified atom stereocenters. The molecule has 0 fully saturated rings. The lowest BCUT2D eigenvalue weighted by Crippen LogP contribution is -2.34. The van der Waals surface area contributed by atoms with E-state index >= 15 is 0 Å². The topological polar surface area (TPSA) is 42.7 Å². The molecule has 1 heterocycles. The fraction of sp³-hybridized carbons (Fsp3) is 0.467. The van der Waals surface area contributed by atoms with Gasteiger partial charge in [-0.1, -0.05) is 37.3 Å². The first-order valence-electron chi connectivity index (χ1n) is 6.89. The summed E-state index contributed by atoms with van der Waals surface area (Å²) in [5.41, 5.74) is 1.36. The summed E-state index contributed by atoms with van der Waals surface area (Å²) < 4.78 is 1.85. The molecule has 0 aliphatic carbocycles. The van der Waals surface area contributed by atoms with E-state index in [1.165, 1.54) is 5.56 Å². The summed E-state index contributed by atoms with van der Waals surface area (Å²) in [6.45, 7) is 3.23. The van der Waals surface area contributed by atoms with Crippen molar-refractivity contribution in [2.75, 3.05) is 6.54 Å². The molecular weight excluding hydrogens is 236 g/mol. The molecule has 0 bridgehead atoms. The number of benzene rings is 1. The second-order valence-corrected chi connectivity index (χ2v) is 4.84. The molecule has 0 amide bonds. The van der Waals surface area contributed by atoms with E-state index in [1.54, 1.807) is 6.33 Å². The Kier molecular flexibility index (Phi) is 5.10. The van der Waals surface area contributed by atoms with Crippen LogP contribution < -0.4 is 5.32 Å². The van der Waals surface area contributed by atoms with E-state index in [9.17, 15) is 0 Å². The Morgan fingerprint density at radius 1 is 1.21 bits per heavy atom. The molecule has 2 aromatic rings. The standard InChI is InChI=1S/C15H22N4/c1-3-9-16-14(10-13-7-5-4-6-8-13)11-15-17-12-18-19(15)2/h4-8,12,14,16H,3,9-11H2,1-2H3. The average Bonchev–Trinajstić information content (AvgIpc) is 2.83. The molecule has 19 heavy (non-hydrogen) atoms. The number of hydrogen-bond acceptors (Lipinski definition) is 3. The highest BCUT2D eigenvalue weighted by molar-refractivity contribution is 5.16. The van der Waals surface area contributed by atoms with Gasteiger partial charge in [-0.3, -0.25) is 4.68 Å². The maximum atomic E-state index is 4.32. The number of nitrogens with one attached hydrogen (secondary N) is 1. The lowest BCUT2D eigenvalue weighted by atomic mass is 10.0. The van der Waals surface area contributed by atoms with Crippen molar-refractivity contribution in [3.05, 3.63) is 48.0 Å². The van der Waals surface area contributed by atoms with Gasteiger partial charge in [-0.2, -0.15) is 5.10 Å². The van der Waals surface area contributed by atoms with Crippen LogP contribution >= 0.6 is 0 Å². The lowest BCUT2D eigenvalue weighted by Gasteiger charge is -2.18. The van der Waals surface area contributed by atoms with Crippen molar-refractivity contribution < 1.29 is 0 Å². The summed E-state index contributed by atoms with van der Waals surface area (Å²) in [5.74, 6) is 1.03. The summed E-state index contributed by atoms with van der Waals surface area (Å²) >= 11 is 0. The van der Waals surface area contributed by atoms with Crippen molar-refractivity contribution >= 4 is 0 Å². The minimum atomic E-state index is 0.408. The summed E-state index contributed by atoms with van der Waals surface area (Å²) in [5, 5.41) is 7.74. The molecule has 4 nitrogen and oxygen atoms in total. The number of rotatable bonds is 7. The van der Waals surface area contributed by atoms with Crippen molar-refractivity contribution in [3.63, 3.8) is 0 Å². The molecule has 1 atom stereocenters. The number of hydrogen-bond donors (Lipinski definition) is 1. The predicted octanol–water partition coefficient (Wildman–Crippen LogP) is 1.97. The van der Waals surface area contributed by atoms with Crippen molar-refractivity contribution in [1.29, 1.82) is 0 Å². The van der Waals surface area contributed by atoms with Crippen LogP contribution in [0.25, 0.3) is 0 Å². The van der Waals surface area contributed by atoms with E-state index in [1.807, 2.05) is 11.7 Å². The van der Waals surface area contributed by atoms with Crippen molar-refractivity contribution in [1.82, 2.24) is 20.1 Å². The van der Waals surface area contributed by atoms with Crippen LogP contribution in [0.1, 0.15) is 24.7 Å². The van der Waals surface area contributed by atoms with Gasteiger partial charge in [0, 0.05) is 19.5 Å². The Morgan fingerprint density at radius 3 is 2.63 bits per heavy atom. The molecule has 2 rings (SSSR count). The summed E-state index contributed by atoms with van der Waals surface area (Å²) in [4.78, 5) is 4.32. The minimum absolute atomic E-state index is 0.408. The van der Waals surface area contributed by atoms with Gasteiger partial charge in [0.15, 0.2) is 0 Å². The third kappa shape index (κ3) is 4.17. The fourth-order valence-corrected chi connectivity index (χ4v) is 2.19. The molecule has 4 heteroatoms. The van der Waals surface area contributed by atoms with Crippen LogP contribution in [0, 0.1) is 0 Å². The molecule has 0 saturated heterocycles. The van der Waals surface area contributed by atoms with Gasteiger partial charge in [0.25, 0.3) is 0 Å². The number of aromatic nitrogens is 3. The minimum Gasteiger partial charge on any atom is -0.313 e.